The smallest absolute Gasteiger partial charge is 0.250 e. The molecule has 2 aromatic carbocycles. The number of hydrogen-bond acceptors (Lipinski definition) is 5. The van der Waals surface area contributed by atoms with E-state index in [-0.39, 0.29) is 19.1 Å². The van der Waals surface area contributed by atoms with Gasteiger partial charge < -0.3 is 19.3 Å². The quantitative estimate of drug-likeness (QED) is 0.714. The highest BCUT2D eigenvalue weighted by Crippen LogP contribution is 2.21. The third kappa shape index (κ3) is 4.68. The van der Waals surface area contributed by atoms with Crippen molar-refractivity contribution in [2.24, 2.45) is 0 Å². The summed E-state index contributed by atoms with van der Waals surface area (Å²) in [5, 5.41) is 6.77. The molecule has 0 aliphatic heterocycles. The minimum Gasteiger partial charge on any atom is -0.486 e. The van der Waals surface area contributed by atoms with Gasteiger partial charge in [0.1, 0.15) is 24.7 Å². The average molecular weight is 338 g/mol. The van der Waals surface area contributed by atoms with Crippen LogP contribution in [-0.4, -0.2) is 24.8 Å². The molecule has 6 heteroatoms. The lowest BCUT2D eigenvalue weighted by atomic mass is 10.1. The highest BCUT2D eigenvalue weighted by Gasteiger charge is 2.07. The molecule has 0 saturated carbocycles. The summed E-state index contributed by atoms with van der Waals surface area (Å²) < 4.78 is 15.7. The number of ether oxygens (including phenoxy) is 2. The maximum absolute atomic E-state index is 11.4. The number of carbonyl (C=O) groups is 1. The SMILES string of the molecule is COCC(=O)Nc1ccc(OCc2cc(-c3ccccc3)no2)cc1. The van der Waals surface area contributed by atoms with Crippen molar-refractivity contribution >= 4 is 11.6 Å². The Morgan fingerprint density at radius 1 is 1.12 bits per heavy atom. The van der Waals surface area contributed by atoms with Crippen molar-refractivity contribution in [2.45, 2.75) is 6.61 Å². The molecular formula is C19H18N2O4. The Morgan fingerprint density at radius 2 is 1.88 bits per heavy atom. The molecule has 1 amide bonds. The summed E-state index contributed by atoms with van der Waals surface area (Å²) in [5.74, 6) is 1.10. The fourth-order valence-corrected chi connectivity index (χ4v) is 2.24. The van der Waals surface area contributed by atoms with Crippen molar-refractivity contribution in [3.63, 3.8) is 0 Å². The van der Waals surface area contributed by atoms with Crippen molar-refractivity contribution in [3.05, 3.63) is 66.4 Å². The minimum atomic E-state index is -0.203. The molecule has 0 bridgehead atoms. The molecule has 0 fully saturated rings. The lowest BCUT2D eigenvalue weighted by Gasteiger charge is -2.07. The standard InChI is InChI=1S/C19H18N2O4/c1-23-13-19(22)20-15-7-9-16(10-8-15)24-12-17-11-18(21-25-17)14-5-3-2-4-6-14/h2-11H,12-13H2,1H3,(H,20,22). The Bertz CT molecular complexity index is 813. The molecule has 0 saturated heterocycles. The predicted molar refractivity (Wildman–Crippen MR) is 93.2 cm³/mol. The highest BCUT2D eigenvalue weighted by atomic mass is 16.5. The van der Waals surface area contributed by atoms with Crippen LogP contribution in [0.3, 0.4) is 0 Å². The van der Waals surface area contributed by atoms with Crippen LogP contribution in [0.4, 0.5) is 5.69 Å². The van der Waals surface area contributed by atoms with Gasteiger partial charge in [0.05, 0.1) is 0 Å². The lowest BCUT2D eigenvalue weighted by molar-refractivity contribution is -0.119. The van der Waals surface area contributed by atoms with Gasteiger partial charge >= 0.3 is 0 Å². The molecule has 0 aliphatic carbocycles. The Kier molecular flexibility index (Phi) is 5.43. The van der Waals surface area contributed by atoms with Crippen molar-refractivity contribution in [1.82, 2.24) is 5.16 Å². The van der Waals surface area contributed by atoms with E-state index in [0.717, 1.165) is 11.3 Å². The van der Waals surface area contributed by atoms with Crippen LogP contribution in [0, 0.1) is 0 Å². The van der Waals surface area contributed by atoms with Crippen LogP contribution in [0.5, 0.6) is 5.75 Å². The second kappa shape index (κ2) is 8.12. The summed E-state index contributed by atoms with van der Waals surface area (Å²) in [6.45, 7) is 0.294. The van der Waals surface area contributed by atoms with E-state index in [1.165, 1.54) is 7.11 Å². The molecule has 3 aromatic rings. The molecule has 1 N–H and O–H groups in total. The number of benzene rings is 2. The predicted octanol–water partition coefficient (Wildman–Crippen LogP) is 3.51. The lowest BCUT2D eigenvalue weighted by Crippen LogP contribution is -2.16. The number of anilines is 1. The normalized spacial score (nSPS) is 10.4. The van der Waals surface area contributed by atoms with Crippen LogP contribution < -0.4 is 10.1 Å². The number of methoxy groups -OCH3 is 1. The number of rotatable bonds is 7. The zero-order valence-electron chi connectivity index (χ0n) is 13.8. The van der Waals surface area contributed by atoms with Crippen molar-refractivity contribution in [2.75, 3.05) is 19.0 Å². The van der Waals surface area contributed by atoms with Gasteiger partial charge in [-0.2, -0.15) is 0 Å². The van der Waals surface area contributed by atoms with Crippen molar-refractivity contribution < 1.29 is 18.8 Å². The zero-order valence-corrected chi connectivity index (χ0v) is 13.8. The molecule has 0 spiro atoms. The molecule has 128 valence electrons. The molecule has 1 heterocycles. The van der Waals surface area contributed by atoms with E-state index >= 15 is 0 Å². The van der Waals surface area contributed by atoms with Crippen LogP contribution >= 0.6 is 0 Å². The van der Waals surface area contributed by atoms with Gasteiger partial charge in [-0.3, -0.25) is 4.79 Å². The first kappa shape index (κ1) is 16.7. The number of nitrogens with zero attached hydrogens (tertiary/aromatic N) is 1. The van der Waals surface area contributed by atoms with Crippen molar-refractivity contribution in [3.8, 4) is 17.0 Å². The van der Waals surface area contributed by atoms with Crippen LogP contribution in [0.15, 0.2) is 65.2 Å². The summed E-state index contributed by atoms with van der Waals surface area (Å²) >= 11 is 0. The molecule has 1 aromatic heterocycles. The van der Waals surface area contributed by atoms with Gasteiger partial charge in [0.25, 0.3) is 0 Å². The number of hydrogen-bond donors (Lipinski definition) is 1. The first-order valence-corrected chi connectivity index (χ1v) is 7.77. The molecule has 6 nitrogen and oxygen atoms in total. The second-order valence-corrected chi connectivity index (χ2v) is 5.34. The molecule has 0 atom stereocenters. The Labute approximate surface area is 145 Å². The summed E-state index contributed by atoms with van der Waals surface area (Å²) in [6, 6.07) is 18.7. The maximum atomic E-state index is 11.4. The number of aromatic nitrogens is 1. The first-order valence-electron chi connectivity index (χ1n) is 7.77. The first-order chi connectivity index (χ1) is 12.2. The Morgan fingerprint density at radius 3 is 2.60 bits per heavy atom. The molecule has 0 aliphatic rings. The molecule has 0 unspecified atom stereocenters. The second-order valence-electron chi connectivity index (χ2n) is 5.34. The van der Waals surface area contributed by atoms with Gasteiger partial charge in [0, 0.05) is 24.4 Å². The Balaban J connectivity index is 1.55. The summed E-state index contributed by atoms with van der Waals surface area (Å²) in [4.78, 5) is 11.4. The topological polar surface area (TPSA) is 73.6 Å². The number of nitrogens with one attached hydrogen (secondary N) is 1. The maximum Gasteiger partial charge on any atom is 0.250 e. The van der Waals surface area contributed by atoms with Crippen LogP contribution in [0.2, 0.25) is 0 Å². The third-order valence-electron chi connectivity index (χ3n) is 3.42. The van der Waals surface area contributed by atoms with Crippen LogP contribution in [0.1, 0.15) is 5.76 Å². The molecule has 25 heavy (non-hydrogen) atoms. The van der Waals surface area contributed by atoms with E-state index in [1.54, 1.807) is 24.3 Å². The summed E-state index contributed by atoms with van der Waals surface area (Å²) in [7, 11) is 1.48. The summed E-state index contributed by atoms with van der Waals surface area (Å²) in [5.41, 5.74) is 2.45. The van der Waals surface area contributed by atoms with E-state index in [4.69, 9.17) is 14.0 Å². The number of amides is 1. The van der Waals surface area contributed by atoms with E-state index in [1.807, 2.05) is 36.4 Å². The minimum absolute atomic E-state index is 0.0213. The fourth-order valence-electron chi connectivity index (χ4n) is 2.24. The summed E-state index contributed by atoms with van der Waals surface area (Å²) in [6.07, 6.45) is 0. The van der Waals surface area contributed by atoms with Gasteiger partial charge in [-0.1, -0.05) is 35.5 Å². The highest BCUT2D eigenvalue weighted by molar-refractivity contribution is 5.91. The fraction of sp³-hybridized carbons (Fsp3) is 0.158. The van der Waals surface area contributed by atoms with Gasteiger partial charge in [-0.15, -0.1) is 0 Å². The van der Waals surface area contributed by atoms with Gasteiger partial charge in [-0.05, 0) is 24.3 Å². The van der Waals surface area contributed by atoms with Crippen LogP contribution in [-0.2, 0) is 16.1 Å². The van der Waals surface area contributed by atoms with Crippen molar-refractivity contribution in [1.29, 1.82) is 0 Å². The number of carbonyl (C=O) groups excluding carboxylic acids is 1. The molecule has 0 radical (unpaired) electrons. The van der Waals surface area contributed by atoms with E-state index in [9.17, 15) is 4.79 Å². The van der Waals surface area contributed by atoms with Gasteiger partial charge in [-0.25, -0.2) is 0 Å². The van der Waals surface area contributed by atoms with Crippen LogP contribution in [0.25, 0.3) is 11.3 Å². The molecule has 3 rings (SSSR count). The van der Waals surface area contributed by atoms with E-state index < -0.39 is 0 Å². The van der Waals surface area contributed by atoms with E-state index in [0.29, 0.717) is 17.2 Å². The Hall–Kier alpha value is -3.12. The van der Waals surface area contributed by atoms with Gasteiger partial charge in [0.15, 0.2) is 5.76 Å². The third-order valence-corrected chi connectivity index (χ3v) is 3.42. The zero-order chi connectivity index (χ0) is 17.5. The average Bonchev–Trinajstić information content (AvgIpc) is 3.11. The molecular weight excluding hydrogens is 320 g/mol. The van der Waals surface area contributed by atoms with E-state index in [2.05, 4.69) is 10.5 Å². The largest absolute Gasteiger partial charge is 0.486 e. The van der Waals surface area contributed by atoms with Gasteiger partial charge in [0.2, 0.25) is 5.91 Å². The monoisotopic (exact) mass is 338 g/mol.